The number of nitrogens with one attached hydrogen (secondary N) is 2. The fourth-order valence-electron chi connectivity index (χ4n) is 1.11. The molecule has 2 atom stereocenters. The molecule has 0 aromatic rings. The first-order valence-electron chi connectivity index (χ1n) is 5.43. The van der Waals surface area contributed by atoms with Gasteiger partial charge in [0.1, 0.15) is 6.04 Å². The standard InChI is InChI=1S/C9H18N2O6S/c1-4-6(3)7(8(12)13)10-18(15,16)11-9(14)17-5-2/h6-7,10H,4-5H2,1-3H3,(H,11,14)(H,12,13). The summed E-state index contributed by atoms with van der Waals surface area (Å²) in [6.07, 6.45) is -0.683. The SMILES string of the molecule is CCOC(=O)NS(=O)(=O)NC(C(=O)O)C(C)CC. The van der Waals surface area contributed by atoms with Crippen LogP contribution in [0, 0.1) is 5.92 Å². The number of rotatable bonds is 7. The van der Waals surface area contributed by atoms with Gasteiger partial charge in [0.2, 0.25) is 0 Å². The number of aliphatic carboxylic acids is 1. The molecule has 0 saturated heterocycles. The summed E-state index contributed by atoms with van der Waals surface area (Å²) in [5, 5.41) is 8.90. The molecule has 0 radical (unpaired) electrons. The molecule has 3 N–H and O–H groups in total. The van der Waals surface area contributed by atoms with Gasteiger partial charge in [-0.3, -0.25) is 4.79 Å². The minimum Gasteiger partial charge on any atom is -0.480 e. The number of carboxylic acids is 1. The normalized spacial score (nSPS) is 14.6. The molecule has 8 nitrogen and oxygen atoms in total. The third-order valence-corrected chi connectivity index (χ3v) is 3.25. The molecule has 18 heavy (non-hydrogen) atoms. The van der Waals surface area contributed by atoms with Crippen LogP contribution in [0.2, 0.25) is 0 Å². The van der Waals surface area contributed by atoms with E-state index in [-0.39, 0.29) is 6.61 Å². The molecule has 0 rings (SSSR count). The summed E-state index contributed by atoms with van der Waals surface area (Å²) in [4.78, 5) is 21.9. The van der Waals surface area contributed by atoms with Crippen LogP contribution in [-0.2, 0) is 19.7 Å². The van der Waals surface area contributed by atoms with Crippen LogP contribution in [0.1, 0.15) is 27.2 Å². The zero-order chi connectivity index (χ0) is 14.3. The lowest BCUT2D eigenvalue weighted by Crippen LogP contribution is -2.50. The molecule has 0 saturated carbocycles. The van der Waals surface area contributed by atoms with Gasteiger partial charge in [-0.1, -0.05) is 20.3 Å². The molecule has 9 heteroatoms. The molecule has 0 aromatic heterocycles. The zero-order valence-corrected chi connectivity index (χ0v) is 11.3. The van der Waals surface area contributed by atoms with E-state index in [2.05, 4.69) is 4.74 Å². The molecule has 106 valence electrons. The second-order valence-corrected chi connectivity index (χ2v) is 5.09. The number of hydrogen-bond acceptors (Lipinski definition) is 5. The van der Waals surface area contributed by atoms with E-state index in [1.54, 1.807) is 18.6 Å². The van der Waals surface area contributed by atoms with E-state index in [0.717, 1.165) is 0 Å². The first kappa shape index (κ1) is 16.6. The van der Waals surface area contributed by atoms with E-state index in [1.807, 2.05) is 4.72 Å². The number of hydrogen-bond donors (Lipinski definition) is 3. The topological polar surface area (TPSA) is 122 Å². The van der Waals surface area contributed by atoms with Crippen LogP contribution in [0.25, 0.3) is 0 Å². The number of carboxylic acid groups (broad SMARTS) is 1. The van der Waals surface area contributed by atoms with Gasteiger partial charge in [-0.15, -0.1) is 0 Å². The van der Waals surface area contributed by atoms with Gasteiger partial charge in [-0.05, 0) is 12.8 Å². The maximum absolute atomic E-state index is 11.5. The smallest absolute Gasteiger partial charge is 0.421 e. The largest absolute Gasteiger partial charge is 0.480 e. The molecular weight excluding hydrogens is 264 g/mol. The molecule has 0 spiro atoms. The Labute approximate surface area is 106 Å². The van der Waals surface area contributed by atoms with Crippen molar-refractivity contribution >= 4 is 22.3 Å². The summed E-state index contributed by atoms with van der Waals surface area (Å²) in [6, 6.07) is -1.30. The molecule has 0 heterocycles. The molecule has 1 amide bonds. The van der Waals surface area contributed by atoms with E-state index in [4.69, 9.17) is 5.11 Å². The Balaban J connectivity index is 4.72. The van der Waals surface area contributed by atoms with Crippen molar-refractivity contribution in [2.45, 2.75) is 33.2 Å². The third kappa shape index (κ3) is 5.82. The number of ether oxygens (including phenoxy) is 1. The molecule has 0 aromatic carbocycles. The zero-order valence-electron chi connectivity index (χ0n) is 10.5. The minimum atomic E-state index is -4.26. The van der Waals surface area contributed by atoms with Crippen molar-refractivity contribution in [3.05, 3.63) is 0 Å². The predicted molar refractivity (Wildman–Crippen MR) is 63.1 cm³/mol. The maximum atomic E-state index is 11.5. The Bertz CT molecular complexity index is 394. The van der Waals surface area contributed by atoms with Crippen molar-refractivity contribution in [1.82, 2.24) is 9.44 Å². The lowest BCUT2D eigenvalue weighted by Gasteiger charge is -2.19. The number of carbonyl (C=O) groups is 2. The van der Waals surface area contributed by atoms with Gasteiger partial charge in [0.15, 0.2) is 0 Å². The number of carbonyl (C=O) groups excluding carboxylic acids is 1. The fraction of sp³-hybridized carbons (Fsp3) is 0.778. The fourth-order valence-corrected chi connectivity index (χ4v) is 2.12. The highest BCUT2D eigenvalue weighted by Crippen LogP contribution is 2.08. The van der Waals surface area contributed by atoms with E-state index < -0.39 is 34.2 Å². The van der Waals surface area contributed by atoms with Gasteiger partial charge in [-0.25, -0.2) is 9.52 Å². The van der Waals surface area contributed by atoms with Crippen LogP contribution in [-0.4, -0.2) is 38.2 Å². The summed E-state index contributed by atoms with van der Waals surface area (Å²) >= 11 is 0. The van der Waals surface area contributed by atoms with Gasteiger partial charge in [0, 0.05) is 0 Å². The molecule has 2 unspecified atom stereocenters. The second kappa shape index (κ2) is 7.17. The predicted octanol–water partition coefficient (Wildman–Crippen LogP) is 0.0662. The first-order chi connectivity index (χ1) is 8.23. The van der Waals surface area contributed by atoms with E-state index in [0.29, 0.717) is 6.42 Å². The molecule has 0 fully saturated rings. The molecular formula is C9H18N2O6S. The third-order valence-electron chi connectivity index (χ3n) is 2.25. The van der Waals surface area contributed by atoms with Crippen LogP contribution in [0.15, 0.2) is 0 Å². The van der Waals surface area contributed by atoms with Crippen molar-refractivity contribution in [1.29, 1.82) is 0 Å². The molecule has 0 aliphatic rings. The van der Waals surface area contributed by atoms with Crippen molar-refractivity contribution in [3.63, 3.8) is 0 Å². The van der Waals surface area contributed by atoms with Crippen molar-refractivity contribution < 1.29 is 27.9 Å². The van der Waals surface area contributed by atoms with Crippen LogP contribution in [0.5, 0.6) is 0 Å². The lowest BCUT2D eigenvalue weighted by atomic mass is 10.0. The van der Waals surface area contributed by atoms with Crippen molar-refractivity contribution in [2.24, 2.45) is 5.92 Å². The summed E-state index contributed by atoms with van der Waals surface area (Å²) in [5.74, 6) is -1.72. The maximum Gasteiger partial charge on any atom is 0.421 e. The first-order valence-corrected chi connectivity index (χ1v) is 6.91. The van der Waals surface area contributed by atoms with Crippen molar-refractivity contribution in [3.8, 4) is 0 Å². The van der Waals surface area contributed by atoms with Gasteiger partial charge >= 0.3 is 22.3 Å². The van der Waals surface area contributed by atoms with Gasteiger partial charge < -0.3 is 9.84 Å². The van der Waals surface area contributed by atoms with Gasteiger partial charge in [0.05, 0.1) is 6.61 Å². The Morgan fingerprint density at radius 1 is 1.33 bits per heavy atom. The van der Waals surface area contributed by atoms with E-state index in [1.165, 1.54) is 6.92 Å². The average Bonchev–Trinajstić information content (AvgIpc) is 2.24. The Morgan fingerprint density at radius 2 is 1.89 bits per heavy atom. The molecule has 0 aliphatic heterocycles. The van der Waals surface area contributed by atoms with Crippen molar-refractivity contribution in [2.75, 3.05) is 6.61 Å². The summed E-state index contributed by atoms with van der Waals surface area (Å²) in [5.41, 5.74) is 0. The lowest BCUT2D eigenvalue weighted by molar-refractivity contribution is -0.140. The Hall–Kier alpha value is -1.35. The summed E-state index contributed by atoms with van der Waals surface area (Å²) < 4.78 is 30.8. The minimum absolute atomic E-state index is 0.00900. The molecule has 0 bridgehead atoms. The Kier molecular flexibility index (Phi) is 6.63. The van der Waals surface area contributed by atoms with Crippen LogP contribution in [0.3, 0.4) is 0 Å². The molecule has 0 aliphatic carbocycles. The van der Waals surface area contributed by atoms with E-state index >= 15 is 0 Å². The van der Waals surface area contributed by atoms with Crippen LogP contribution in [0.4, 0.5) is 4.79 Å². The van der Waals surface area contributed by atoms with E-state index in [9.17, 15) is 18.0 Å². The summed E-state index contributed by atoms with van der Waals surface area (Å²) in [7, 11) is -4.26. The highest BCUT2D eigenvalue weighted by atomic mass is 32.2. The highest BCUT2D eigenvalue weighted by molar-refractivity contribution is 7.88. The van der Waals surface area contributed by atoms with Crippen LogP contribution < -0.4 is 9.44 Å². The van der Waals surface area contributed by atoms with Crippen LogP contribution >= 0.6 is 0 Å². The second-order valence-electron chi connectivity index (χ2n) is 3.65. The Morgan fingerprint density at radius 3 is 2.28 bits per heavy atom. The average molecular weight is 282 g/mol. The number of amides is 1. The quantitative estimate of drug-likeness (QED) is 0.607. The monoisotopic (exact) mass is 282 g/mol. The summed E-state index contributed by atoms with van der Waals surface area (Å²) in [6.45, 7) is 4.84. The van der Waals surface area contributed by atoms with Gasteiger partial charge in [-0.2, -0.15) is 13.1 Å². The highest BCUT2D eigenvalue weighted by Gasteiger charge is 2.29. The van der Waals surface area contributed by atoms with Gasteiger partial charge in [0.25, 0.3) is 0 Å².